The summed E-state index contributed by atoms with van der Waals surface area (Å²) in [4.78, 5) is 0. The van der Waals surface area contributed by atoms with Gasteiger partial charge in [0, 0.05) is 0 Å². The third-order valence-electron chi connectivity index (χ3n) is 3.48. The molecule has 15 heavy (non-hydrogen) atoms. The lowest BCUT2D eigenvalue weighted by Crippen LogP contribution is -2.35. The van der Waals surface area contributed by atoms with E-state index in [1.165, 1.54) is 16.6 Å². The van der Waals surface area contributed by atoms with Crippen molar-refractivity contribution in [3.05, 3.63) is 35.3 Å². The zero-order valence-electron chi connectivity index (χ0n) is 10.4. The van der Waals surface area contributed by atoms with Gasteiger partial charge in [0.15, 0.2) is 6.60 Å². The molecule has 0 saturated heterocycles. The maximum Gasteiger partial charge on any atom is 0.167 e. The third kappa shape index (κ3) is 1.56. The summed E-state index contributed by atoms with van der Waals surface area (Å²) in [6, 6.07) is 8.80. The molecule has 1 aliphatic rings. The van der Waals surface area contributed by atoms with E-state index in [0.717, 1.165) is 0 Å². The Morgan fingerprint density at radius 2 is 1.73 bits per heavy atom. The number of benzene rings is 1. The average molecular weight is 196 g/mol. The number of hydrogen-bond acceptors (Lipinski definition) is 0. The Balaban J connectivity index is 2.60. The second-order valence-corrected chi connectivity index (χ2v) is 5.60. The first-order valence-electron chi connectivity index (χ1n) is 5.73. The Hall–Kier alpha value is -0.910. The van der Waals surface area contributed by atoms with Gasteiger partial charge in [-0.2, -0.15) is 0 Å². The number of hydrogen-bond donors (Lipinski definition) is 0. The van der Waals surface area contributed by atoms with Crippen molar-refractivity contribution in [2.75, 3.05) is 0 Å². The standard InChI is InChI=1S/C13H18B2/c1-9-10-7-5-6-8-11(10)15(14)12(9)13(2,3)4/h5-8H,14H2,1-4H3. The van der Waals surface area contributed by atoms with Crippen LogP contribution in [0.15, 0.2) is 29.7 Å². The van der Waals surface area contributed by atoms with Gasteiger partial charge in [-0.3, -0.25) is 0 Å². The molecule has 0 atom stereocenters. The summed E-state index contributed by atoms with van der Waals surface area (Å²) >= 11 is 0. The predicted octanol–water partition coefficient (Wildman–Crippen LogP) is 1.89. The normalized spacial score (nSPS) is 15.9. The summed E-state index contributed by atoms with van der Waals surface area (Å²) in [5, 5.41) is 0. The van der Waals surface area contributed by atoms with Crippen molar-refractivity contribution >= 4 is 25.4 Å². The lowest BCUT2D eigenvalue weighted by atomic mass is 9.25. The van der Waals surface area contributed by atoms with Crippen LogP contribution in [0.3, 0.4) is 0 Å². The third-order valence-corrected chi connectivity index (χ3v) is 3.48. The fourth-order valence-electron chi connectivity index (χ4n) is 3.05. The van der Waals surface area contributed by atoms with Crippen LogP contribution in [-0.2, 0) is 0 Å². The molecule has 0 bridgehead atoms. The Morgan fingerprint density at radius 1 is 1.13 bits per heavy atom. The SMILES string of the molecule is BB1C(C(C)(C)C)=C(C)c2ccccc21. The Kier molecular flexibility index (Phi) is 2.33. The Bertz CT molecular complexity index is 424. The van der Waals surface area contributed by atoms with Gasteiger partial charge in [-0.25, -0.2) is 0 Å². The summed E-state index contributed by atoms with van der Waals surface area (Å²) < 4.78 is 0. The summed E-state index contributed by atoms with van der Waals surface area (Å²) in [5.74, 6) is 0. The largest absolute Gasteiger partial charge is 0.167 e. The minimum Gasteiger partial charge on any atom is -0.0956 e. The maximum absolute atomic E-state index is 2.33. The van der Waals surface area contributed by atoms with Crippen molar-refractivity contribution in [3.8, 4) is 0 Å². The van der Waals surface area contributed by atoms with Crippen LogP contribution < -0.4 is 5.46 Å². The van der Waals surface area contributed by atoms with Crippen LogP contribution in [0.4, 0.5) is 0 Å². The highest BCUT2D eigenvalue weighted by Gasteiger charge is 2.34. The molecule has 76 valence electrons. The molecule has 0 aliphatic carbocycles. The van der Waals surface area contributed by atoms with Crippen LogP contribution in [0, 0.1) is 5.41 Å². The van der Waals surface area contributed by atoms with Crippen LogP contribution in [-0.4, -0.2) is 14.3 Å². The second-order valence-electron chi connectivity index (χ2n) is 5.60. The molecule has 0 spiro atoms. The van der Waals surface area contributed by atoms with E-state index < -0.39 is 0 Å². The van der Waals surface area contributed by atoms with Crippen molar-refractivity contribution in [2.45, 2.75) is 27.7 Å². The summed E-state index contributed by atoms with van der Waals surface area (Å²) in [6.07, 6.45) is 0. The molecule has 1 aromatic rings. The van der Waals surface area contributed by atoms with Gasteiger partial charge in [-0.05, 0) is 17.9 Å². The Morgan fingerprint density at radius 3 is 2.27 bits per heavy atom. The van der Waals surface area contributed by atoms with Gasteiger partial charge >= 0.3 is 0 Å². The molecule has 0 amide bonds. The van der Waals surface area contributed by atoms with Crippen molar-refractivity contribution in [1.82, 2.24) is 0 Å². The number of fused-ring (bicyclic) bond motifs is 1. The highest BCUT2D eigenvalue weighted by atomic mass is 14.2. The van der Waals surface area contributed by atoms with Crippen LogP contribution in [0.5, 0.6) is 0 Å². The van der Waals surface area contributed by atoms with Crippen LogP contribution >= 0.6 is 0 Å². The number of rotatable bonds is 0. The topological polar surface area (TPSA) is 0 Å². The van der Waals surface area contributed by atoms with Gasteiger partial charge < -0.3 is 0 Å². The van der Waals surface area contributed by atoms with Gasteiger partial charge in [0.25, 0.3) is 0 Å². The van der Waals surface area contributed by atoms with E-state index in [1.807, 2.05) is 0 Å². The smallest absolute Gasteiger partial charge is 0.0956 e. The maximum atomic E-state index is 2.33. The highest BCUT2D eigenvalue weighted by Crippen LogP contribution is 2.36. The van der Waals surface area contributed by atoms with Crippen LogP contribution in [0.1, 0.15) is 33.3 Å². The fraction of sp³-hybridized carbons (Fsp3) is 0.385. The minimum absolute atomic E-state index is 0.280. The molecule has 2 heteroatoms. The van der Waals surface area contributed by atoms with Gasteiger partial charge in [-0.1, -0.05) is 61.5 Å². The molecular weight excluding hydrogens is 178 g/mol. The first kappa shape index (κ1) is 10.6. The Labute approximate surface area is 94.2 Å². The second kappa shape index (κ2) is 3.30. The summed E-state index contributed by atoms with van der Waals surface area (Å²) in [5.41, 5.74) is 6.33. The summed E-state index contributed by atoms with van der Waals surface area (Å²) in [6.45, 7) is 9.79. The zero-order chi connectivity index (χ0) is 11.2. The molecule has 1 heterocycles. The van der Waals surface area contributed by atoms with Crippen LogP contribution in [0.25, 0.3) is 5.57 Å². The van der Waals surface area contributed by atoms with E-state index >= 15 is 0 Å². The molecule has 1 aliphatic heterocycles. The van der Waals surface area contributed by atoms with Crippen molar-refractivity contribution < 1.29 is 0 Å². The molecule has 2 rings (SSSR count). The number of allylic oxidation sites excluding steroid dienone is 2. The van der Waals surface area contributed by atoms with E-state index in [0.29, 0.717) is 6.60 Å². The monoisotopic (exact) mass is 196 g/mol. The van der Waals surface area contributed by atoms with Crippen molar-refractivity contribution in [2.24, 2.45) is 5.41 Å². The minimum atomic E-state index is 0.280. The van der Waals surface area contributed by atoms with Gasteiger partial charge in [-0.15, -0.1) is 0 Å². The molecule has 0 unspecified atom stereocenters. The fourth-order valence-corrected chi connectivity index (χ4v) is 3.05. The molecule has 0 saturated carbocycles. The first-order valence-corrected chi connectivity index (χ1v) is 5.73. The quantitative estimate of drug-likeness (QED) is 0.555. The van der Waals surface area contributed by atoms with E-state index in [1.54, 1.807) is 5.47 Å². The van der Waals surface area contributed by atoms with E-state index in [-0.39, 0.29) is 5.41 Å². The summed E-state index contributed by atoms with van der Waals surface area (Å²) in [7, 11) is 2.33. The molecule has 0 radical (unpaired) electrons. The molecular formula is C13H18B2. The molecule has 0 N–H and O–H groups in total. The lowest BCUT2D eigenvalue weighted by molar-refractivity contribution is 0.531. The van der Waals surface area contributed by atoms with Gasteiger partial charge in [0.1, 0.15) is 0 Å². The van der Waals surface area contributed by atoms with Gasteiger partial charge in [0.2, 0.25) is 0 Å². The van der Waals surface area contributed by atoms with Crippen molar-refractivity contribution in [1.29, 1.82) is 0 Å². The lowest BCUT2D eigenvalue weighted by Gasteiger charge is -2.25. The first-order chi connectivity index (χ1) is 6.93. The van der Waals surface area contributed by atoms with Gasteiger partial charge in [0.05, 0.1) is 7.74 Å². The molecule has 1 aromatic carbocycles. The van der Waals surface area contributed by atoms with E-state index in [9.17, 15) is 0 Å². The molecule has 0 nitrogen and oxygen atoms in total. The van der Waals surface area contributed by atoms with E-state index in [4.69, 9.17) is 0 Å². The highest BCUT2D eigenvalue weighted by molar-refractivity contribution is 7.16. The zero-order valence-corrected chi connectivity index (χ0v) is 10.4. The average Bonchev–Trinajstić information content (AvgIpc) is 2.39. The van der Waals surface area contributed by atoms with E-state index in [2.05, 4.69) is 59.7 Å². The van der Waals surface area contributed by atoms with Crippen LogP contribution in [0.2, 0.25) is 0 Å². The molecule has 0 fully saturated rings. The molecule has 0 aromatic heterocycles. The van der Waals surface area contributed by atoms with Crippen molar-refractivity contribution in [3.63, 3.8) is 0 Å². The predicted molar refractivity (Wildman–Crippen MR) is 72.4 cm³/mol.